The molecule has 2 aromatic heterocycles. The minimum atomic E-state index is -0.629. The number of aryl methyl sites for hydroxylation is 2. The van der Waals surface area contributed by atoms with E-state index in [-0.39, 0.29) is 5.91 Å². The number of hydrogen-bond acceptors (Lipinski definition) is 6. The molecule has 3 heterocycles. The van der Waals surface area contributed by atoms with Crippen molar-refractivity contribution in [2.45, 2.75) is 53.2 Å². The molecule has 0 bridgehead atoms. The van der Waals surface area contributed by atoms with Crippen LogP contribution in [0.1, 0.15) is 38.1 Å². The zero-order chi connectivity index (χ0) is 25.3. The van der Waals surface area contributed by atoms with Gasteiger partial charge in [0.2, 0.25) is 5.91 Å². The predicted molar refractivity (Wildman–Crippen MR) is 142 cm³/mol. The number of aromatic nitrogens is 1. The average molecular weight is 495 g/mol. The molecule has 4 rings (SSSR count). The Morgan fingerprint density at radius 1 is 1.06 bits per heavy atom. The van der Waals surface area contributed by atoms with Crippen molar-refractivity contribution in [1.82, 2.24) is 15.2 Å². The number of fused-ring (bicyclic) bond motifs is 1. The Hall–Kier alpha value is -3.13. The molecule has 1 atom stereocenters. The van der Waals surface area contributed by atoms with E-state index in [1.807, 2.05) is 0 Å². The van der Waals surface area contributed by atoms with Gasteiger partial charge < -0.3 is 19.9 Å². The summed E-state index contributed by atoms with van der Waals surface area (Å²) in [7, 11) is 0. The highest BCUT2D eigenvalue weighted by Gasteiger charge is 2.27. The van der Waals surface area contributed by atoms with Gasteiger partial charge in [-0.2, -0.15) is 0 Å². The summed E-state index contributed by atoms with van der Waals surface area (Å²) in [5.41, 5.74) is 4.93. The van der Waals surface area contributed by atoms with Crippen molar-refractivity contribution in [3.05, 3.63) is 46.8 Å². The van der Waals surface area contributed by atoms with Crippen molar-refractivity contribution in [2.75, 3.05) is 31.1 Å². The number of nitrogens with zero attached hydrogens (tertiary/aromatic N) is 3. The van der Waals surface area contributed by atoms with E-state index in [9.17, 15) is 9.59 Å². The average Bonchev–Trinajstić information content (AvgIpc) is 3.18. The van der Waals surface area contributed by atoms with Crippen molar-refractivity contribution in [3.63, 3.8) is 0 Å². The maximum absolute atomic E-state index is 12.8. The quantitative estimate of drug-likeness (QED) is 0.543. The summed E-state index contributed by atoms with van der Waals surface area (Å²) in [6.45, 7) is 14.0. The standard InChI is InChI=1S/C27H34N4O3S/c1-17-15-22(29-23-16-18(2)35-24(17)23)20-7-9-21(10-8-20)30-11-13-31(14-12-30)25(32)19(3)28-26(33)34-27(4,5)6/h7-10,15-16,19H,11-14H2,1-6H3,(H,28,33). The lowest BCUT2D eigenvalue weighted by Crippen LogP contribution is -2.54. The van der Waals surface area contributed by atoms with Crippen LogP contribution in [0.3, 0.4) is 0 Å². The van der Waals surface area contributed by atoms with E-state index in [0.29, 0.717) is 13.1 Å². The fourth-order valence-electron chi connectivity index (χ4n) is 4.29. The maximum Gasteiger partial charge on any atom is 0.408 e. The third kappa shape index (κ3) is 5.93. The van der Waals surface area contributed by atoms with Crippen LogP contribution in [-0.2, 0) is 9.53 Å². The van der Waals surface area contributed by atoms with Gasteiger partial charge in [0.15, 0.2) is 0 Å². The lowest BCUT2D eigenvalue weighted by atomic mass is 10.1. The molecule has 7 nitrogen and oxygen atoms in total. The number of thiophene rings is 1. The number of rotatable bonds is 4. The Kier molecular flexibility index (Phi) is 7.03. The minimum absolute atomic E-state index is 0.0913. The fourth-order valence-corrected chi connectivity index (χ4v) is 5.22. The van der Waals surface area contributed by atoms with Gasteiger partial charge in [0.25, 0.3) is 0 Å². The SMILES string of the molecule is Cc1cc2nc(-c3ccc(N4CCN(C(=O)C(C)NC(=O)OC(C)(C)C)CC4)cc3)cc(C)c2s1. The van der Waals surface area contributed by atoms with Gasteiger partial charge in [-0.05, 0) is 71.4 Å². The Morgan fingerprint density at radius 3 is 2.34 bits per heavy atom. The van der Waals surface area contributed by atoms with Crippen molar-refractivity contribution >= 4 is 39.2 Å². The molecular weight excluding hydrogens is 460 g/mol. The van der Waals surface area contributed by atoms with E-state index in [0.717, 1.165) is 35.6 Å². The molecule has 1 saturated heterocycles. The molecule has 0 spiro atoms. The Bertz CT molecular complexity index is 1220. The molecule has 35 heavy (non-hydrogen) atoms. The van der Waals surface area contributed by atoms with Crippen molar-refractivity contribution in [1.29, 1.82) is 0 Å². The Balaban J connectivity index is 1.35. The van der Waals surface area contributed by atoms with Crippen molar-refractivity contribution in [2.24, 2.45) is 0 Å². The highest BCUT2D eigenvalue weighted by Crippen LogP contribution is 2.31. The van der Waals surface area contributed by atoms with E-state index in [4.69, 9.17) is 9.72 Å². The number of amides is 2. The van der Waals surface area contributed by atoms with Crippen LogP contribution in [0.4, 0.5) is 10.5 Å². The van der Waals surface area contributed by atoms with Crippen molar-refractivity contribution in [3.8, 4) is 11.3 Å². The van der Waals surface area contributed by atoms with Crippen LogP contribution in [0.5, 0.6) is 0 Å². The molecule has 1 aromatic carbocycles. The monoisotopic (exact) mass is 494 g/mol. The first-order valence-electron chi connectivity index (χ1n) is 12.0. The third-order valence-electron chi connectivity index (χ3n) is 6.01. The molecule has 3 aromatic rings. The summed E-state index contributed by atoms with van der Waals surface area (Å²) < 4.78 is 6.51. The largest absolute Gasteiger partial charge is 0.444 e. The molecular formula is C27H34N4O3S. The third-order valence-corrected chi connectivity index (χ3v) is 7.19. The number of pyridine rings is 1. The first kappa shape index (κ1) is 25.0. The van der Waals surface area contributed by atoms with Gasteiger partial charge in [-0.25, -0.2) is 9.78 Å². The van der Waals surface area contributed by atoms with Crippen LogP contribution >= 0.6 is 11.3 Å². The number of benzene rings is 1. The smallest absolute Gasteiger partial charge is 0.408 e. The van der Waals surface area contributed by atoms with Gasteiger partial charge in [0, 0.05) is 42.3 Å². The number of ether oxygens (including phenoxy) is 1. The first-order valence-corrected chi connectivity index (χ1v) is 12.8. The van der Waals surface area contributed by atoms with E-state index in [2.05, 4.69) is 60.5 Å². The molecule has 1 unspecified atom stereocenters. The van der Waals surface area contributed by atoms with Gasteiger partial charge in [0.1, 0.15) is 11.6 Å². The minimum Gasteiger partial charge on any atom is -0.444 e. The Labute approximate surface area is 211 Å². The molecule has 186 valence electrons. The molecule has 0 saturated carbocycles. The second kappa shape index (κ2) is 9.85. The fraction of sp³-hybridized carbons (Fsp3) is 0.444. The molecule has 1 N–H and O–H groups in total. The van der Waals surface area contributed by atoms with Gasteiger partial charge >= 0.3 is 6.09 Å². The molecule has 0 aliphatic carbocycles. The lowest BCUT2D eigenvalue weighted by Gasteiger charge is -2.37. The number of carbonyl (C=O) groups is 2. The molecule has 2 amide bonds. The topological polar surface area (TPSA) is 74.8 Å². The van der Waals surface area contributed by atoms with E-state index >= 15 is 0 Å². The van der Waals surface area contributed by atoms with Crippen molar-refractivity contribution < 1.29 is 14.3 Å². The summed E-state index contributed by atoms with van der Waals surface area (Å²) in [6, 6.07) is 12.2. The maximum atomic E-state index is 12.8. The number of hydrogen-bond donors (Lipinski definition) is 1. The summed E-state index contributed by atoms with van der Waals surface area (Å²) in [4.78, 5) is 35.0. The number of alkyl carbamates (subject to hydrolysis) is 1. The predicted octanol–water partition coefficient (Wildman–Crippen LogP) is 5.14. The second-order valence-corrected chi connectivity index (χ2v) is 11.4. The molecule has 0 radical (unpaired) electrons. The van der Waals surface area contributed by atoms with E-state index < -0.39 is 17.7 Å². The summed E-state index contributed by atoms with van der Waals surface area (Å²) >= 11 is 1.79. The van der Waals surface area contributed by atoms with Crippen LogP contribution in [0.15, 0.2) is 36.4 Å². The second-order valence-electron chi connectivity index (χ2n) is 10.1. The summed E-state index contributed by atoms with van der Waals surface area (Å²) in [5, 5.41) is 2.64. The number of anilines is 1. The van der Waals surface area contributed by atoms with Gasteiger partial charge in [-0.15, -0.1) is 11.3 Å². The van der Waals surface area contributed by atoms with E-state index in [1.54, 1.807) is 43.9 Å². The van der Waals surface area contributed by atoms with Crippen LogP contribution in [0.2, 0.25) is 0 Å². The number of piperazine rings is 1. The highest BCUT2D eigenvalue weighted by molar-refractivity contribution is 7.19. The Morgan fingerprint density at radius 2 is 1.71 bits per heavy atom. The van der Waals surface area contributed by atoms with Gasteiger partial charge in [-0.1, -0.05) is 12.1 Å². The summed E-state index contributed by atoms with van der Waals surface area (Å²) in [5.74, 6) is -0.0913. The highest BCUT2D eigenvalue weighted by atomic mass is 32.1. The van der Waals surface area contributed by atoms with Crippen LogP contribution in [0.25, 0.3) is 21.5 Å². The lowest BCUT2D eigenvalue weighted by molar-refractivity contribution is -0.133. The first-order chi connectivity index (χ1) is 16.5. The van der Waals surface area contributed by atoms with Gasteiger partial charge in [-0.3, -0.25) is 4.79 Å². The van der Waals surface area contributed by atoms with Crippen LogP contribution in [0, 0.1) is 13.8 Å². The molecule has 1 aliphatic rings. The zero-order valence-corrected chi connectivity index (χ0v) is 22.2. The molecule has 1 aliphatic heterocycles. The normalized spacial score (nSPS) is 15.3. The molecule has 8 heteroatoms. The number of nitrogens with one attached hydrogen (secondary N) is 1. The zero-order valence-electron chi connectivity index (χ0n) is 21.3. The number of carbonyl (C=O) groups excluding carboxylic acids is 2. The summed E-state index contributed by atoms with van der Waals surface area (Å²) in [6.07, 6.45) is -0.574. The van der Waals surface area contributed by atoms with Crippen LogP contribution in [-0.4, -0.2) is 59.7 Å². The molecule has 1 fully saturated rings. The van der Waals surface area contributed by atoms with Gasteiger partial charge in [0.05, 0.1) is 15.9 Å². The van der Waals surface area contributed by atoms with Crippen LogP contribution < -0.4 is 10.2 Å². The van der Waals surface area contributed by atoms with E-state index in [1.165, 1.54) is 15.1 Å².